The zero-order valence-corrected chi connectivity index (χ0v) is 23.5. The van der Waals surface area contributed by atoms with Crippen molar-refractivity contribution in [2.24, 2.45) is 15.1 Å². The van der Waals surface area contributed by atoms with Crippen molar-refractivity contribution in [1.29, 1.82) is 0 Å². The fraction of sp³-hybridized carbons (Fsp3) is 0.0968. The van der Waals surface area contributed by atoms with Gasteiger partial charge >= 0.3 is 0 Å². The van der Waals surface area contributed by atoms with Crippen LogP contribution in [0.25, 0.3) is 0 Å². The smallest absolute Gasteiger partial charge is 0.204 e. The molecule has 0 amide bonds. The number of nitrogens with zero attached hydrogens (tertiary/aromatic N) is 5. The van der Waals surface area contributed by atoms with Crippen LogP contribution in [0.3, 0.4) is 0 Å². The largest absolute Gasteiger partial charge is 0.294 e. The molecule has 1 heterocycles. The first-order valence-corrected chi connectivity index (χ1v) is 13.4. The van der Waals surface area contributed by atoms with Gasteiger partial charge in [-0.25, -0.2) is 9.98 Å². The molecule has 0 N–H and O–H groups in total. The van der Waals surface area contributed by atoms with Crippen LogP contribution in [-0.2, 0) is 6.54 Å². The highest BCUT2D eigenvalue weighted by molar-refractivity contribution is 9.10. The third-order valence-corrected chi connectivity index (χ3v) is 7.05. The van der Waals surface area contributed by atoms with Gasteiger partial charge in [0.05, 0.1) is 24.1 Å². The standard InChI is InChI=1S/C31H26BrN5S/c1-22-10-6-8-14-27(22)34-29-30(35-28-15-9-7-11-23(28)2)37(33-20-24-16-18-26(32)19-17-24)31(38)36(29)21-25-12-4-3-5-13-25/h3-20H,21H2,1-2H3/b33-20+,34-29?,35-30?. The Morgan fingerprint density at radius 2 is 1.26 bits per heavy atom. The van der Waals surface area contributed by atoms with E-state index < -0.39 is 0 Å². The number of aliphatic imine (C=N–C) groups is 2. The lowest BCUT2D eigenvalue weighted by molar-refractivity contribution is 0.563. The summed E-state index contributed by atoms with van der Waals surface area (Å²) in [5, 5.41) is 7.04. The highest BCUT2D eigenvalue weighted by Gasteiger charge is 2.38. The molecular formula is C31H26BrN5S. The number of halogens is 1. The maximum atomic E-state index is 6.02. The maximum Gasteiger partial charge on any atom is 0.204 e. The first-order valence-electron chi connectivity index (χ1n) is 12.2. The first-order chi connectivity index (χ1) is 18.5. The van der Waals surface area contributed by atoms with Crippen molar-refractivity contribution >= 4 is 62.5 Å². The summed E-state index contributed by atoms with van der Waals surface area (Å²) in [6.45, 7) is 4.64. The van der Waals surface area contributed by atoms with Gasteiger partial charge in [0.15, 0.2) is 5.84 Å². The van der Waals surface area contributed by atoms with Crippen LogP contribution in [-0.4, -0.2) is 32.9 Å². The third-order valence-electron chi connectivity index (χ3n) is 6.13. The Bertz CT molecular complexity index is 1540. The van der Waals surface area contributed by atoms with Crippen molar-refractivity contribution < 1.29 is 0 Å². The molecule has 1 aliphatic heterocycles. The predicted molar refractivity (Wildman–Crippen MR) is 165 cm³/mol. The summed E-state index contributed by atoms with van der Waals surface area (Å²) in [5.74, 6) is 1.24. The zero-order chi connectivity index (χ0) is 26.5. The van der Waals surface area contributed by atoms with Gasteiger partial charge in [0, 0.05) is 4.47 Å². The fourth-order valence-electron chi connectivity index (χ4n) is 4.01. The molecular weight excluding hydrogens is 554 g/mol. The van der Waals surface area contributed by atoms with Gasteiger partial charge < -0.3 is 0 Å². The molecule has 0 saturated carbocycles. The summed E-state index contributed by atoms with van der Waals surface area (Å²) in [6.07, 6.45) is 1.80. The number of hydrazone groups is 1. The zero-order valence-electron chi connectivity index (χ0n) is 21.1. The number of benzene rings is 4. The van der Waals surface area contributed by atoms with Gasteiger partial charge in [-0.2, -0.15) is 10.1 Å². The van der Waals surface area contributed by atoms with Gasteiger partial charge in [0.25, 0.3) is 0 Å². The molecule has 0 radical (unpaired) electrons. The fourth-order valence-corrected chi connectivity index (χ4v) is 4.56. The molecule has 5 nitrogen and oxygen atoms in total. The van der Waals surface area contributed by atoms with Crippen LogP contribution in [0.15, 0.2) is 123 Å². The van der Waals surface area contributed by atoms with E-state index in [1.807, 2.05) is 96.8 Å². The third kappa shape index (κ3) is 5.79. The van der Waals surface area contributed by atoms with Gasteiger partial charge in [-0.1, -0.05) is 94.8 Å². The molecule has 1 saturated heterocycles. The van der Waals surface area contributed by atoms with Gasteiger partial charge in [-0.05, 0) is 72.6 Å². The number of amidine groups is 2. The van der Waals surface area contributed by atoms with Crippen molar-refractivity contribution in [3.8, 4) is 0 Å². The van der Waals surface area contributed by atoms with Crippen LogP contribution in [0.1, 0.15) is 22.3 Å². The quantitative estimate of drug-likeness (QED) is 0.172. The van der Waals surface area contributed by atoms with Crippen LogP contribution in [0.4, 0.5) is 11.4 Å². The van der Waals surface area contributed by atoms with Gasteiger partial charge in [-0.15, -0.1) is 0 Å². The molecule has 1 aliphatic rings. The van der Waals surface area contributed by atoms with E-state index in [0.29, 0.717) is 23.3 Å². The van der Waals surface area contributed by atoms with Gasteiger partial charge in [0.2, 0.25) is 10.9 Å². The van der Waals surface area contributed by atoms with E-state index in [4.69, 9.17) is 27.3 Å². The molecule has 7 heteroatoms. The topological polar surface area (TPSA) is 43.6 Å². The van der Waals surface area contributed by atoms with Crippen LogP contribution >= 0.6 is 28.1 Å². The van der Waals surface area contributed by atoms with Gasteiger partial charge in [-0.3, -0.25) is 4.90 Å². The van der Waals surface area contributed by atoms with E-state index in [1.165, 1.54) is 0 Å². The molecule has 0 aliphatic carbocycles. The van der Waals surface area contributed by atoms with E-state index in [2.05, 4.69) is 41.1 Å². The lowest BCUT2D eigenvalue weighted by Crippen LogP contribution is -2.30. The highest BCUT2D eigenvalue weighted by atomic mass is 79.9. The normalized spacial score (nSPS) is 15.8. The summed E-state index contributed by atoms with van der Waals surface area (Å²) in [6, 6.07) is 34.3. The van der Waals surface area contributed by atoms with Crippen molar-refractivity contribution in [2.45, 2.75) is 20.4 Å². The van der Waals surface area contributed by atoms with E-state index >= 15 is 0 Å². The molecule has 0 atom stereocenters. The molecule has 38 heavy (non-hydrogen) atoms. The lowest BCUT2D eigenvalue weighted by atomic mass is 10.2. The van der Waals surface area contributed by atoms with Crippen LogP contribution in [0.5, 0.6) is 0 Å². The van der Waals surface area contributed by atoms with Crippen molar-refractivity contribution in [2.75, 3.05) is 0 Å². The van der Waals surface area contributed by atoms with Crippen LogP contribution < -0.4 is 0 Å². The van der Waals surface area contributed by atoms with Crippen molar-refractivity contribution in [3.63, 3.8) is 0 Å². The van der Waals surface area contributed by atoms with Gasteiger partial charge in [0.1, 0.15) is 0 Å². The number of para-hydroxylation sites is 2. The van der Waals surface area contributed by atoms with E-state index in [-0.39, 0.29) is 0 Å². The lowest BCUT2D eigenvalue weighted by Gasteiger charge is -2.18. The molecule has 4 aromatic rings. The Hall–Kier alpha value is -3.94. The van der Waals surface area contributed by atoms with Crippen molar-refractivity contribution in [3.05, 3.63) is 130 Å². The Labute approximate surface area is 237 Å². The molecule has 188 valence electrons. The summed E-state index contributed by atoms with van der Waals surface area (Å²) < 4.78 is 1.01. The average molecular weight is 581 g/mol. The monoisotopic (exact) mass is 579 g/mol. The molecule has 0 bridgehead atoms. The minimum Gasteiger partial charge on any atom is -0.294 e. The number of rotatable bonds is 6. The van der Waals surface area contributed by atoms with E-state index in [1.54, 1.807) is 11.2 Å². The average Bonchev–Trinajstić information content (AvgIpc) is 3.16. The molecule has 1 fully saturated rings. The second-order valence-corrected chi connectivity index (χ2v) is 10.2. The molecule has 0 spiro atoms. The Kier molecular flexibility index (Phi) is 7.86. The predicted octanol–water partition coefficient (Wildman–Crippen LogP) is 7.96. The number of hydrogen-bond acceptors (Lipinski definition) is 4. The summed E-state index contributed by atoms with van der Waals surface area (Å²) in [5.41, 5.74) is 5.89. The van der Waals surface area contributed by atoms with E-state index in [0.717, 1.165) is 38.1 Å². The maximum absolute atomic E-state index is 6.02. The first kappa shape index (κ1) is 25.7. The van der Waals surface area contributed by atoms with Crippen molar-refractivity contribution in [1.82, 2.24) is 9.91 Å². The Morgan fingerprint density at radius 3 is 1.87 bits per heavy atom. The Morgan fingerprint density at radius 1 is 0.711 bits per heavy atom. The highest BCUT2D eigenvalue weighted by Crippen LogP contribution is 2.27. The minimum absolute atomic E-state index is 0.516. The molecule has 0 aromatic heterocycles. The number of thiocarbonyl (C=S) groups is 1. The SMILES string of the molecule is Cc1ccccc1N=C1C(=Nc2ccccc2C)N(/N=C/c2ccc(Br)cc2)C(=S)N1Cc1ccccc1. The van der Waals surface area contributed by atoms with E-state index in [9.17, 15) is 0 Å². The molecule has 0 unspecified atom stereocenters. The van der Waals surface area contributed by atoms with Crippen LogP contribution in [0.2, 0.25) is 0 Å². The second kappa shape index (κ2) is 11.6. The minimum atomic E-state index is 0.516. The number of hydrogen-bond donors (Lipinski definition) is 0. The molecule has 5 rings (SSSR count). The van der Waals surface area contributed by atoms with Crippen LogP contribution in [0, 0.1) is 13.8 Å². The summed E-state index contributed by atoms with van der Waals surface area (Å²) in [4.78, 5) is 12.2. The summed E-state index contributed by atoms with van der Waals surface area (Å²) >= 11 is 9.51. The second-order valence-electron chi connectivity index (χ2n) is 8.91. The number of aryl methyl sites for hydroxylation is 2. The molecule has 4 aromatic carbocycles. The summed E-state index contributed by atoms with van der Waals surface area (Å²) in [7, 11) is 0. The Balaban J connectivity index is 1.67.